The van der Waals surface area contributed by atoms with Gasteiger partial charge in [-0.25, -0.2) is 4.39 Å². The first-order valence-electron chi connectivity index (χ1n) is 12.4. The molecule has 1 amide bonds. The summed E-state index contributed by atoms with van der Waals surface area (Å²) in [7, 11) is 4.95. The van der Waals surface area contributed by atoms with Crippen LogP contribution in [0.4, 0.5) is 4.39 Å². The lowest BCUT2D eigenvalue weighted by atomic mass is 9.87. The van der Waals surface area contributed by atoms with Gasteiger partial charge in [-0.1, -0.05) is 49.7 Å². The van der Waals surface area contributed by atoms with Crippen LogP contribution in [0, 0.1) is 11.7 Å². The largest absolute Gasteiger partial charge is 0.493 e. The van der Waals surface area contributed by atoms with Gasteiger partial charge in [0.15, 0.2) is 11.5 Å². The summed E-state index contributed by atoms with van der Waals surface area (Å²) in [5.41, 5.74) is 5.99. The van der Waals surface area contributed by atoms with E-state index in [-0.39, 0.29) is 17.8 Å². The minimum Gasteiger partial charge on any atom is -0.493 e. The van der Waals surface area contributed by atoms with E-state index in [1.54, 1.807) is 33.4 Å². The van der Waals surface area contributed by atoms with Gasteiger partial charge >= 0.3 is 0 Å². The van der Waals surface area contributed by atoms with E-state index in [4.69, 9.17) is 14.5 Å². The lowest BCUT2D eigenvalue weighted by Gasteiger charge is -2.21. The highest BCUT2D eigenvalue weighted by atomic mass is 19.1. The quantitative estimate of drug-likeness (QED) is 0.434. The molecule has 0 saturated heterocycles. The number of benzene rings is 3. The smallest absolute Gasteiger partial charge is 0.219 e. The van der Waals surface area contributed by atoms with Crippen molar-refractivity contribution in [3.05, 3.63) is 83.2 Å². The van der Waals surface area contributed by atoms with E-state index in [0.717, 1.165) is 46.4 Å². The van der Waals surface area contributed by atoms with E-state index in [1.807, 2.05) is 18.2 Å². The number of hydrogen-bond acceptors (Lipinski definition) is 4. The summed E-state index contributed by atoms with van der Waals surface area (Å²) in [6, 6.07) is 18.7. The Kier molecular flexibility index (Phi) is 8.04. The number of hydrogen-bond donors (Lipinski definition) is 1. The Morgan fingerprint density at radius 2 is 1.56 bits per heavy atom. The predicted molar refractivity (Wildman–Crippen MR) is 142 cm³/mol. The highest BCUT2D eigenvalue weighted by molar-refractivity contribution is 6.14. The third-order valence-corrected chi connectivity index (χ3v) is 6.99. The second kappa shape index (κ2) is 11.4. The molecule has 36 heavy (non-hydrogen) atoms. The van der Waals surface area contributed by atoms with E-state index in [0.29, 0.717) is 30.3 Å². The van der Waals surface area contributed by atoms with Crippen LogP contribution in [-0.4, -0.2) is 38.9 Å². The van der Waals surface area contributed by atoms with Gasteiger partial charge in [0.05, 0.1) is 26.0 Å². The van der Waals surface area contributed by atoms with Crippen LogP contribution in [-0.2, 0) is 11.2 Å². The molecular weight excluding hydrogens is 455 g/mol. The maximum absolute atomic E-state index is 13.4. The van der Waals surface area contributed by atoms with Crippen LogP contribution in [0.5, 0.6) is 11.5 Å². The van der Waals surface area contributed by atoms with Gasteiger partial charge in [0.1, 0.15) is 5.82 Å². The summed E-state index contributed by atoms with van der Waals surface area (Å²) in [5, 5.41) is 2.72. The van der Waals surface area contributed by atoms with Gasteiger partial charge in [-0.05, 0) is 59.7 Å². The Morgan fingerprint density at radius 1 is 0.972 bits per heavy atom. The molecule has 5 nitrogen and oxygen atoms in total. The second-order valence-electron chi connectivity index (χ2n) is 9.08. The lowest BCUT2D eigenvalue weighted by molar-refractivity contribution is -0.120. The van der Waals surface area contributed by atoms with Crippen LogP contribution in [0.15, 0.2) is 65.7 Å². The number of amides is 1. The minimum atomic E-state index is -0.252. The molecule has 0 aromatic heterocycles. The highest BCUT2D eigenvalue weighted by Gasteiger charge is 2.29. The fourth-order valence-corrected chi connectivity index (χ4v) is 4.88. The van der Waals surface area contributed by atoms with Crippen LogP contribution in [0.2, 0.25) is 0 Å². The molecule has 0 bridgehead atoms. The van der Waals surface area contributed by atoms with Crippen LogP contribution in [0.3, 0.4) is 0 Å². The zero-order valence-electron chi connectivity index (χ0n) is 21.3. The van der Waals surface area contributed by atoms with Crippen LogP contribution in [0.1, 0.15) is 42.9 Å². The zero-order chi connectivity index (χ0) is 25.7. The SMILES string of the molecule is CCC1Cc2cc(OC)c(OC)cc2C(c2ccc(-c3ccc(F)cc3)cc2)=NC1CCC(=O)NC. The first kappa shape index (κ1) is 25.4. The van der Waals surface area contributed by atoms with Gasteiger partial charge in [0.2, 0.25) is 5.91 Å². The summed E-state index contributed by atoms with van der Waals surface area (Å²) in [6.07, 6.45) is 2.90. The number of carbonyl (C=O) groups excluding carboxylic acids is 1. The number of aliphatic imine (C=N–C) groups is 1. The standard InChI is InChI=1S/C30H33FN2O3/c1-5-19-16-23-17-27(35-3)28(36-4)18-25(23)30(33-26(19)14-15-29(34)32-2)22-8-6-20(7-9-22)21-10-12-24(31)13-11-21/h6-13,17-19,26H,5,14-16H2,1-4H3,(H,32,34). The maximum atomic E-state index is 13.4. The zero-order valence-corrected chi connectivity index (χ0v) is 21.3. The van der Waals surface area contributed by atoms with Crippen molar-refractivity contribution < 1.29 is 18.7 Å². The van der Waals surface area contributed by atoms with Crippen LogP contribution in [0.25, 0.3) is 11.1 Å². The maximum Gasteiger partial charge on any atom is 0.219 e. The van der Waals surface area contributed by atoms with Crippen molar-refractivity contribution in [2.24, 2.45) is 10.9 Å². The molecule has 1 heterocycles. The third kappa shape index (κ3) is 5.43. The molecule has 0 spiro atoms. The number of carbonyl (C=O) groups is 1. The molecule has 188 valence electrons. The number of rotatable bonds is 8. The fraction of sp³-hybridized carbons (Fsp3) is 0.333. The average Bonchev–Trinajstić information content (AvgIpc) is 3.07. The Hall–Kier alpha value is -3.67. The fourth-order valence-electron chi connectivity index (χ4n) is 4.88. The van der Waals surface area contributed by atoms with Gasteiger partial charge in [-0.2, -0.15) is 0 Å². The number of nitrogens with one attached hydrogen (secondary N) is 1. The normalized spacial score (nSPS) is 17.0. The molecule has 1 aliphatic rings. The van der Waals surface area contributed by atoms with E-state index in [2.05, 4.69) is 30.4 Å². The molecule has 2 unspecified atom stereocenters. The summed E-state index contributed by atoms with van der Waals surface area (Å²) in [5.74, 6) is 1.42. The van der Waals surface area contributed by atoms with Crippen LogP contribution < -0.4 is 14.8 Å². The van der Waals surface area contributed by atoms with E-state index in [9.17, 15) is 9.18 Å². The van der Waals surface area contributed by atoms with Crippen molar-refractivity contribution in [3.63, 3.8) is 0 Å². The topological polar surface area (TPSA) is 59.9 Å². The highest BCUT2D eigenvalue weighted by Crippen LogP contribution is 2.37. The van der Waals surface area contributed by atoms with Crippen molar-refractivity contribution in [1.29, 1.82) is 0 Å². The van der Waals surface area contributed by atoms with Crippen molar-refractivity contribution in [1.82, 2.24) is 5.32 Å². The molecule has 0 saturated carbocycles. The number of methoxy groups -OCH3 is 2. The molecule has 1 aliphatic heterocycles. The summed E-state index contributed by atoms with van der Waals surface area (Å²) in [4.78, 5) is 17.3. The minimum absolute atomic E-state index is 0.00321. The third-order valence-electron chi connectivity index (χ3n) is 6.99. The second-order valence-corrected chi connectivity index (χ2v) is 9.08. The Morgan fingerprint density at radius 3 is 2.14 bits per heavy atom. The average molecular weight is 489 g/mol. The Balaban J connectivity index is 1.80. The molecule has 4 rings (SSSR count). The van der Waals surface area contributed by atoms with Gasteiger partial charge in [-0.15, -0.1) is 0 Å². The van der Waals surface area contributed by atoms with Crippen LogP contribution >= 0.6 is 0 Å². The number of halogens is 1. The van der Waals surface area contributed by atoms with E-state index < -0.39 is 0 Å². The van der Waals surface area contributed by atoms with Gasteiger partial charge in [-0.3, -0.25) is 9.79 Å². The molecule has 3 aromatic carbocycles. The molecule has 1 N–H and O–H groups in total. The molecular formula is C30H33FN2O3. The Bertz CT molecular complexity index is 1240. The van der Waals surface area contributed by atoms with Crippen molar-refractivity contribution in [2.45, 2.75) is 38.6 Å². The molecule has 0 fully saturated rings. The van der Waals surface area contributed by atoms with Crippen molar-refractivity contribution in [2.75, 3.05) is 21.3 Å². The lowest BCUT2D eigenvalue weighted by Crippen LogP contribution is -2.24. The number of ether oxygens (including phenoxy) is 2. The van der Waals surface area contributed by atoms with Crippen molar-refractivity contribution >= 4 is 11.6 Å². The first-order chi connectivity index (χ1) is 17.5. The van der Waals surface area contributed by atoms with E-state index >= 15 is 0 Å². The Labute approximate surface area is 212 Å². The summed E-state index contributed by atoms with van der Waals surface area (Å²) < 4.78 is 24.6. The van der Waals surface area contributed by atoms with Gasteiger partial charge in [0, 0.05) is 24.6 Å². The summed E-state index contributed by atoms with van der Waals surface area (Å²) >= 11 is 0. The summed E-state index contributed by atoms with van der Waals surface area (Å²) in [6.45, 7) is 2.18. The monoisotopic (exact) mass is 488 g/mol. The first-order valence-corrected chi connectivity index (χ1v) is 12.4. The molecule has 3 aromatic rings. The van der Waals surface area contributed by atoms with Crippen molar-refractivity contribution in [3.8, 4) is 22.6 Å². The molecule has 2 atom stereocenters. The van der Waals surface area contributed by atoms with E-state index in [1.165, 1.54) is 12.1 Å². The number of fused-ring (bicyclic) bond motifs is 1. The molecule has 0 aliphatic carbocycles. The van der Waals surface area contributed by atoms with Gasteiger partial charge in [0.25, 0.3) is 0 Å². The predicted octanol–water partition coefficient (Wildman–Crippen LogP) is 5.82. The molecule has 0 radical (unpaired) electrons. The molecule has 6 heteroatoms. The number of nitrogens with zero attached hydrogens (tertiary/aromatic N) is 1. The van der Waals surface area contributed by atoms with Gasteiger partial charge < -0.3 is 14.8 Å².